The van der Waals surface area contributed by atoms with Crippen molar-refractivity contribution in [3.63, 3.8) is 0 Å². The van der Waals surface area contributed by atoms with Gasteiger partial charge in [0.05, 0.1) is 4.90 Å². The molecule has 3 rings (SSSR count). The van der Waals surface area contributed by atoms with Crippen LogP contribution in [0.1, 0.15) is 37.8 Å². The fraction of sp³-hybridized carbons (Fsp3) is 0.286. The molecule has 1 unspecified atom stereocenters. The summed E-state index contributed by atoms with van der Waals surface area (Å²) >= 11 is 5.99. The van der Waals surface area contributed by atoms with Crippen molar-refractivity contribution in [2.75, 3.05) is 6.26 Å². The van der Waals surface area contributed by atoms with Crippen molar-refractivity contribution < 1.29 is 13.2 Å². The van der Waals surface area contributed by atoms with E-state index < -0.39 is 9.84 Å². The van der Waals surface area contributed by atoms with Gasteiger partial charge in [-0.1, -0.05) is 49.7 Å². The number of Topliss-reactive ketones (excluding diaryl/α,β-unsaturated/α-hetero) is 1. The molecule has 1 aliphatic carbocycles. The topological polar surface area (TPSA) is 51.2 Å². The minimum Gasteiger partial charge on any atom is -0.294 e. The Balaban J connectivity index is 2.22. The van der Waals surface area contributed by atoms with Crippen LogP contribution in [0.4, 0.5) is 0 Å². The Morgan fingerprint density at radius 2 is 1.54 bits per heavy atom. The average Bonchev–Trinajstić information content (AvgIpc) is 2.86. The monoisotopic (exact) mass is 388 g/mol. The molecule has 2 aromatic rings. The van der Waals surface area contributed by atoms with Crippen molar-refractivity contribution in [1.29, 1.82) is 0 Å². The molecule has 0 aromatic heterocycles. The molecule has 0 bridgehead atoms. The first-order valence-electron chi connectivity index (χ1n) is 8.50. The summed E-state index contributed by atoms with van der Waals surface area (Å²) in [5.74, 6) is 0.110. The van der Waals surface area contributed by atoms with E-state index in [4.69, 9.17) is 11.6 Å². The first kappa shape index (κ1) is 18.9. The van der Waals surface area contributed by atoms with Gasteiger partial charge in [-0.15, -0.1) is 0 Å². The number of benzene rings is 2. The Morgan fingerprint density at radius 3 is 2.04 bits per heavy atom. The summed E-state index contributed by atoms with van der Waals surface area (Å²) < 4.78 is 23.5. The van der Waals surface area contributed by atoms with Crippen molar-refractivity contribution in [1.82, 2.24) is 0 Å². The SMILES string of the molecule is CCC1(C)CC(=O)C(c2ccc(Cl)cc2)=C1c1ccc(S(C)(=O)=O)cc1. The highest BCUT2D eigenvalue weighted by molar-refractivity contribution is 7.90. The number of carbonyl (C=O) groups is 1. The molecule has 0 amide bonds. The van der Waals surface area contributed by atoms with Crippen LogP contribution in [0.25, 0.3) is 11.1 Å². The van der Waals surface area contributed by atoms with E-state index in [-0.39, 0.29) is 16.1 Å². The summed E-state index contributed by atoms with van der Waals surface area (Å²) in [6, 6.07) is 14.1. The summed E-state index contributed by atoms with van der Waals surface area (Å²) in [7, 11) is -3.26. The van der Waals surface area contributed by atoms with Crippen LogP contribution in [0.15, 0.2) is 53.4 Å². The van der Waals surface area contributed by atoms with Crippen molar-refractivity contribution in [2.45, 2.75) is 31.6 Å². The zero-order chi connectivity index (χ0) is 19.1. The third-order valence-electron chi connectivity index (χ3n) is 5.17. The van der Waals surface area contributed by atoms with Gasteiger partial charge >= 0.3 is 0 Å². The molecule has 0 N–H and O–H groups in total. The number of allylic oxidation sites excluding steroid dienone is 2. The molecular formula is C21H21ClO3S. The van der Waals surface area contributed by atoms with Gasteiger partial charge in [-0.25, -0.2) is 8.42 Å². The first-order valence-corrected chi connectivity index (χ1v) is 10.8. The van der Waals surface area contributed by atoms with Crippen LogP contribution in [-0.2, 0) is 14.6 Å². The van der Waals surface area contributed by atoms with E-state index >= 15 is 0 Å². The van der Waals surface area contributed by atoms with Gasteiger partial charge in [0.15, 0.2) is 15.6 Å². The molecule has 0 fully saturated rings. The Bertz CT molecular complexity index is 987. The molecule has 5 heteroatoms. The van der Waals surface area contributed by atoms with Crippen LogP contribution in [0.3, 0.4) is 0 Å². The predicted molar refractivity (Wildman–Crippen MR) is 106 cm³/mol. The van der Waals surface area contributed by atoms with Crippen LogP contribution < -0.4 is 0 Å². The Kier molecular flexibility index (Phi) is 4.84. The second-order valence-electron chi connectivity index (χ2n) is 7.07. The molecule has 0 aliphatic heterocycles. The molecule has 136 valence electrons. The van der Waals surface area contributed by atoms with E-state index in [0.29, 0.717) is 17.0 Å². The minimum absolute atomic E-state index is 0.110. The quantitative estimate of drug-likeness (QED) is 0.736. The number of hydrogen-bond acceptors (Lipinski definition) is 3. The molecule has 1 atom stereocenters. The summed E-state index contributed by atoms with van der Waals surface area (Å²) in [6.07, 6.45) is 2.46. The fourth-order valence-corrected chi connectivity index (χ4v) is 4.31. The molecule has 26 heavy (non-hydrogen) atoms. The number of sulfone groups is 1. The number of halogens is 1. The smallest absolute Gasteiger partial charge is 0.175 e. The molecule has 0 heterocycles. The number of ketones is 1. The second kappa shape index (κ2) is 6.67. The normalized spacial score (nSPS) is 20.7. The number of carbonyl (C=O) groups excluding carboxylic acids is 1. The maximum absolute atomic E-state index is 12.9. The van der Waals surface area contributed by atoms with E-state index in [0.717, 1.165) is 23.1 Å². The van der Waals surface area contributed by atoms with Gasteiger partial charge in [0.1, 0.15) is 0 Å². The van der Waals surface area contributed by atoms with Gasteiger partial charge in [-0.05, 0) is 47.4 Å². The second-order valence-corrected chi connectivity index (χ2v) is 9.52. The summed E-state index contributed by atoms with van der Waals surface area (Å²) in [5, 5.41) is 0.622. The van der Waals surface area contributed by atoms with Crippen LogP contribution >= 0.6 is 11.6 Å². The van der Waals surface area contributed by atoms with E-state index in [1.807, 2.05) is 12.1 Å². The minimum atomic E-state index is -3.26. The van der Waals surface area contributed by atoms with Crippen molar-refractivity contribution >= 4 is 38.4 Å². The predicted octanol–water partition coefficient (Wildman–Crippen LogP) is 5.04. The zero-order valence-electron chi connectivity index (χ0n) is 15.0. The highest BCUT2D eigenvalue weighted by atomic mass is 35.5. The summed E-state index contributed by atoms with van der Waals surface area (Å²) in [5.41, 5.74) is 3.14. The lowest BCUT2D eigenvalue weighted by atomic mass is 9.77. The Morgan fingerprint density at radius 1 is 1.00 bits per heavy atom. The van der Waals surface area contributed by atoms with E-state index in [1.165, 1.54) is 6.26 Å². The number of hydrogen-bond donors (Lipinski definition) is 0. The molecule has 0 saturated heterocycles. The van der Waals surface area contributed by atoms with Crippen molar-refractivity contribution in [3.8, 4) is 0 Å². The highest BCUT2D eigenvalue weighted by Crippen LogP contribution is 2.51. The first-order chi connectivity index (χ1) is 12.2. The van der Waals surface area contributed by atoms with E-state index in [2.05, 4.69) is 13.8 Å². The highest BCUT2D eigenvalue weighted by Gasteiger charge is 2.41. The molecule has 1 aliphatic rings. The number of rotatable bonds is 4. The maximum Gasteiger partial charge on any atom is 0.175 e. The molecule has 0 radical (unpaired) electrons. The van der Waals surface area contributed by atoms with Crippen LogP contribution in [0.2, 0.25) is 5.02 Å². The van der Waals surface area contributed by atoms with Crippen molar-refractivity contribution in [2.24, 2.45) is 5.41 Å². The Hall–Kier alpha value is -1.91. The largest absolute Gasteiger partial charge is 0.294 e. The lowest BCUT2D eigenvalue weighted by Crippen LogP contribution is -2.14. The molecule has 2 aromatic carbocycles. The standard InChI is InChI=1S/C21H21ClO3S/c1-4-21(2)13-18(23)19(14-5-9-16(22)10-6-14)20(21)15-7-11-17(12-8-15)26(3,24)25/h5-12H,4,13H2,1-3H3. The lowest BCUT2D eigenvalue weighted by Gasteiger charge is -2.26. The average molecular weight is 389 g/mol. The molecular weight excluding hydrogens is 368 g/mol. The molecule has 0 saturated carbocycles. The van der Waals surface area contributed by atoms with Crippen LogP contribution in [0.5, 0.6) is 0 Å². The summed E-state index contributed by atoms with van der Waals surface area (Å²) in [4.78, 5) is 13.1. The van der Waals surface area contributed by atoms with Gasteiger partial charge < -0.3 is 0 Å². The molecule has 0 spiro atoms. The van der Waals surface area contributed by atoms with Gasteiger partial charge in [-0.2, -0.15) is 0 Å². The zero-order valence-corrected chi connectivity index (χ0v) is 16.6. The van der Waals surface area contributed by atoms with Gasteiger partial charge in [-0.3, -0.25) is 4.79 Å². The third kappa shape index (κ3) is 3.36. The van der Waals surface area contributed by atoms with Crippen LogP contribution in [-0.4, -0.2) is 20.5 Å². The molecule has 3 nitrogen and oxygen atoms in total. The maximum atomic E-state index is 12.9. The summed E-state index contributed by atoms with van der Waals surface area (Å²) in [6.45, 7) is 4.16. The third-order valence-corrected chi connectivity index (χ3v) is 6.55. The van der Waals surface area contributed by atoms with Gasteiger partial charge in [0, 0.05) is 28.7 Å². The van der Waals surface area contributed by atoms with Crippen LogP contribution in [0, 0.1) is 5.41 Å². The van der Waals surface area contributed by atoms with E-state index in [1.54, 1.807) is 36.4 Å². The van der Waals surface area contributed by atoms with Crippen molar-refractivity contribution in [3.05, 3.63) is 64.7 Å². The van der Waals surface area contributed by atoms with E-state index in [9.17, 15) is 13.2 Å². The Labute approximate surface area is 159 Å². The van der Waals surface area contributed by atoms with Gasteiger partial charge in [0.25, 0.3) is 0 Å². The fourth-order valence-electron chi connectivity index (χ4n) is 3.56. The lowest BCUT2D eigenvalue weighted by molar-refractivity contribution is -0.114. The van der Waals surface area contributed by atoms with Gasteiger partial charge in [0.2, 0.25) is 0 Å².